The first kappa shape index (κ1) is 16.2. The molecule has 3 N–H and O–H groups in total. The lowest BCUT2D eigenvalue weighted by molar-refractivity contribution is 0.0944. The molecular weight excluding hydrogens is 306 g/mol. The first-order chi connectivity index (χ1) is 11.4. The van der Waals surface area contributed by atoms with Gasteiger partial charge in [0.2, 0.25) is 0 Å². The maximum Gasteiger partial charge on any atom is 0.268 e. The molecule has 1 aliphatic rings. The van der Waals surface area contributed by atoms with Gasteiger partial charge in [-0.15, -0.1) is 0 Å². The van der Waals surface area contributed by atoms with E-state index in [0.717, 1.165) is 29.8 Å². The van der Waals surface area contributed by atoms with Gasteiger partial charge in [-0.3, -0.25) is 14.4 Å². The third-order valence-corrected chi connectivity index (χ3v) is 4.58. The van der Waals surface area contributed by atoms with Crippen LogP contribution in [0.15, 0.2) is 10.9 Å². The Bertz CT molecular complexity index is 890. The van der Waals surface area contributed by atoms with Crippen LogP contribution in [0.3, 0.4) is 0 Å². The number of nitrogens with one attached hydrogen (secondary N) is 3. The summed E-state index contributed by atoms with van der Waals surface area (Å²) in [4.78, 5) is 42.4. The van der Waals surface area contributed by atoms with Crippen molar-refractivity contribution in [2.24, 2.45) is 0 Å². The first-order valence-corrected chi connectivity index (χ1v) is 8.10. The molecule has 2 aromatic rings. The van der Waals surface area contributed by atoms with Crippen molar-refractivity contribution < 1.29 is 9.59 Å². The smallest absolute Gasteiger partial charge is 0.268 e. The summed E-state index contributed by atoms with van der Waals surface area (Å²) in [5.41, 5.74) is 4.60. The van der Waals surface area contributed by atoms with Crippen molar-refractivity contribution in [2.45, 2.75) is 46.6 Å². The number of carbonyl (C=O) groups excluding carboxylic acids is 2. The molecule has 0 saturated carbocycles. The molecule has 0 aliphatic heterocycles. The molecule has 0 atom stereocenters. The fraction of sp³-hybridized carbons (Fsp3) is 0.389. The Balaban J connectivity index is 1.82. The molecule has 0 unspecified atom stereocenters. The van der Waals surface area contributed by atoms with Crippen molar-refractivity contribution in [3.8, 4) is 0 Å². The highest BCUT2D eigenvalue weighted by Crippen LogP contribution is 2.26. The number of pyridine rings is 1. The van der Waals surface area contributed by atoms with Crippen LogP contribution >= 0.6 is 0 Å². The monoisotopic (exact) mass is 327 g/mol. The maximum atomic E-state index is 12.5. The van der Waals surface area contributed by atoms with Crippen LogP contribution in [0.5, 0.6) is 0 Å². The predicted octanol–water partition coefficient (Wildman–Crippen LogP) is 2.08. The average molecular weight is 327 g/mol. The number of ketones is 1. The standard InChI is InChI=1S/C18H21N3O3/c1-9-7-10(2)20-17(23)12(9)8-19-18(24)16-11(3)15-13(21-16)5-4-6-14(15)22/h7,21H,4-6,8H2,1-3H3,(H,19,24)(H,20,23). The van der Waals surface area contributed by atoms with E-state index in [1.807, 2.05) is 19.9 Å². The van der Waals surface area contributed by atoms with E-state index in [4.69, 9.17) is 0 Å². The molecule has 2 aromatic heterocycles. The van der Waals surface area contributed by atoms with Gasteiger partial charge in [0, 0.05) is 35.5 Å². The van der Waals surface area contributed by atoms with Crippen LogP contribution in [0.1, 0.15) is 61.8 Å². The van der Waals surface area contributed by atoms with Crippen LogP contribution in [-0.4, -0.2) is 21.7 Å². The Hall–Kier alpha value is -2.63. The highest BCUT2D eigenvalue weighted by molar-refractivity contribution is 6.04. The summed E-state index contributed by atoms with van der Waals surface area (Å²) in [6.07, 6.45) is 2.13. The van der Waals surface area contributed by atoms with Crippen LogP contribution in [0.2, 0.25) is 0 Å². The van der Waals surface area contributed by atoms with E-state index in [1.54, 1.807) is 6.92 Å². The summed E-state index contributed by atoms with van der Waals surface area (Å²) in [7, 11) is 0. The van der Waals surface area contributed by atoms with Crippen LogP contribution in [0.25, 0.3) is 0 Å². The number of hydrogen-bond donors (Lipinski definition) is 3. The zero-order chi connectivity index (χ0) is 17.4. The Morgan fingerprint density at radius 3 is 2.58 bits per heavy atom. The minimum absolute atomic E-state index is 0.0925. The van der Waals surface area contributed by atoms with Gasteiger partial charge in [0.05, 0.1) is 0 Å². The lowest BCUT2D eigenvalue weighted by Gasteiger charge is -2.09. The summed E-state index contributed by atoms with van der Waals surface area (Å²) in [5.74, 6) is -0.205. The quantitative estimate of drug-likeness (QED) is 0.805. The highest BCUT2D eigenvalue weighted by atomic mass is 16.2. The van der Waals surface area contributed by atoms with E-state index in [2.05, 4.69) is 15.3 Å². The summed E-state index contributed by atoms with van der Waals surface area (Å²) < 4.78 is 0. The van der Waals surface area contributed by atoms with E-state index < -0.39 is 0 Å². The average Bonchev–Trinajstić information content (AvgIpc) is 2.84. The van der Waals surface area contributed by atoms with Crippen LogP contribution < -0.4 is 10.9 Å². The van der Waals surface area contributed by atoms with E-state index >= 15 is 0 Å². The van der Waals surface area contributed by atoms with E-state index in [0.29, 0.717) is 28.8 Å². The number of aryl methyl sites for hydroxylation is 3. The van der Waals surface area contributed by atoms with Gasteiger partial charge in [0.25, 0.3) is 11.5 Å². The normalized spacial score (nSPS) is 13.7. The lowest BCUT2D eigenvalue weighted by atomic mass is 9.94. The number of H-pyrrole nitrogens is 2. The highest BCUT2D eigenvalue weighted by Gasteiger charge is 2.26. The molecule has 1 aliphatic carbocycles. The fourth-order valence-electron chi connectivity index (χ4n) is 3.36. The molecule has 126 valence electrons. The van der Waals surface area contributed by atoms with Crippen molar-refractivity contribution in [1.82, 2.24) is 15.3 Å². The SMILES string of the molecule is Cc1cc(C)c(CNC(=O)c2[nH]c3c(c2C)C(=O)CCC3)c(=O)[nH]1. The third kappa shape index (κ3) is 2.79. The molecule has 6 nitrogen and oxygen atoms in total. The molecule has 6 heteroatoms. The number of rotatable bonds is 3. The second-order valence-corrected chi connectivity index (χ2v) is 6.38. The molecule has 24 heavy (non-hydrogen) atoms. The van der Waals surface area contributed by atoms with Crippen LogP contribution in [0, 0.1) is 20.8 Å². The van der Waals surface area contributed by atoms with Gasteiger partial charge in [0.1, 0.15) is 5.69 Å². The number of hydrogen-bond acceptors (Lipinski definition) is 3. The third-order valence-electron chi connectivity index (χ3n) is 4.58. The van der Waals surface area contributed by atoms with Gasteiger partial charge in [-0.2, -0.15) is 0 Å². The summed E-state index contributed by atoms with van der Waals surface area (Å²) >= 11 is 0. The molecule has 0 saturated heterocycles. The molecule has 0 radical (unpaired) electrons. The molecule has 1 amide bonds. The second-order valence-electron chi connectivity index (χ2n) is 6.38. The number of aromatic amines is 2. The van der Waals surface area contributed by atoms with Crippen molar-refractivity contribution in [2.75, 3.05) is 0 Å². The predicted molar refractivity (Wildman–Crippen MR) is 90.5 cm³/mol. The number of fused-ring (bicyclic) bond motifs is 1. The second kappa shape index (κ2) is 6.11. The number of aromatic nitrogens is 2. The Morgan fingerprint density at radius 1 is 1.17 bits per heavy atom. The molecule has 0 spiro atoms. The van der Waals surface area contributed by atoms with Crippen LogP contribution in [-0.2, 0) is 13.0 Å². The topological polar surface area (TPSA) is 94.8 Å². The van der Waals surface area contributed by atoms with Crippen molar-refractivity contribution >= 4 is 11.7 Å². The van der Waals surface area contributed by atoms with Crippen molar-refractivity contribution in [3.63, 3.8) is 0 Å². The lowest BCUT2D eigenvalue weighted by Crippen LogP contribution is -2.28. The van der Waals surface area contributed by atoms with Crippen molar-refractivity contribution in [3.05, 3.63) is 55.8 Å². The molecule has 0 fully saturated rings. The fourth-order valence-corrected chi connectivity index (χ4v) is 3.36. The zero-order valence-corrected chi connectivity index (χ0v) is 14.1. The van der Waals surface area contributed by atoms with Crippen LogP contribution in [0.4, 0.5) is 0 Å². The minimum Gasteiger partial charge on any atom is -0.354 e. The van der Waals surface area contributed by atoms with Gasteiger partial charge in [-0.1, -0.05) is 0 Å². The number of carbonyl (C=O) groups is 2. The number of amides is 1. The van der Waals surface area contributed by atoms with Gasteiger partial charge in [-0.05, 0) is 50.8 Å². The van der Waals surface area contributed by atoms with E-state index in [1.165, 1.54) is 0 Å². The Kier molecular flexibility index (Phi) is 4.13. The number of Topliss-reactive ketones (excluding diaryl/α,β-unsaturated/α-hetero) is 1. The first-order valence-electron chi connectivity index (χ1n) is 8.10. The maximum absolute atomic E-state index is 12.5. The zero-order valence-electron chi connectivity index (χ0n) is 14.1. The molecule has 3 rings (SSSR count). The van der Waals surface area contributed by atoms with E-state index in [-0.39, 0.29) is 23.8 Å². The minimum atomic E-state index is -0.297. The summed E-state index contributed by atoms with van der Waals surface area (Å²) in [6, 6.07) is 1.88. The Labute approximate surface area is 139 Å². The summed E-state index contributed by atoms with van der Waals surface area (Å²) in [5, 5.41) is 2.78. The van der Waals surface area contributed by atoms with E-state index in [9.17, 15) is 14.4 Å². The molecule has 0 aromatic carbocycles. The van der Waals surface area contributed by atoms with Gasteiger partial charge in [0.15, 0.2) is 5.78 Å². The van der Waals surface area contributed by atoms with Gasteiger partial charge < -0.3 is 15.3 Å². The molecular formula is C18H21N3O3. The van der Waals surface area contributed by atoms with Gasteiger partial charge >= 0.3 is 0 Å². The van der Waals surface area contributed by atoms with Gasteiger partial charge in [-0.25, -0.2) is 0 Å². The Morgan fingerprint density at radius 2 is 1.92 bits per heavy atom. The largest absolute Gasteiger partial charge is 0.354 e. The summed E-state index contributed by atoms with van der Waals surface area (Å²) in [6.45, 7) is 5.61. The van der Waals surface area contributed by atoms with Crippen molar-refractivity contribution in [1.29, 1.82) is 0 Å². The molecule has 0 bridgehead atoms. The molecule has 2 heterocycles.